The Morgan fingerprint density at radius 3 is 2.74 bits per heavy atom. The Kier molecular flexibility index (Phi) is 4.06. The first kappa shape index (κ1) is 13.8. The number of ether oxygens (including phenoxy) is 2. The number of amides is 1. The highest BCUT2D eigenvalue weighted by Crippen LogP contribution is 2.30. The molecular weight excluding hydrogens is 263 g/mol. The molecule has 1 atom stereocenters. The van der Waals surface area contributed by atoms with Crippen molar-refractivity contribution in [3.05, 3.63) is 29.8 Å². The normalized spacial score (nSPS) is 20.1. The lowest BCUT2D eigenvalue weighted by atomic mass is 10.2. The van der Waals surface area contributed by atoms with Crippen LogP contribution in [0.15, 0.2) is 24.3 Å². The molecule has 104 valence electrons. The van der Waals surface area contributed by atoms with Gasteiger partial charge in [0.2, 0.25) is 0 Å². The van der Waals surface area contributed by atoms with Crippen LogP contribution in [0, 0.1) is 0 Å². The fourth-order valence-electron chi connectivity index (χ4n) is 1.64. The second kappa shape index (κ2) is 5.58. The second-order valence-electron chi connectivity index (χ2n) is 4.00. The van der Waals surface area contributed by atoms with E-state index in [-0.39, 0.29) is 12.3 Å². The van der Waals surface area contributed by atoms with Gasteiger partial charge < -0.3 is 14.8 Å². The lowest BCUT2D eigenvalue weighted by molar-refractivity contribution is -0.142. The van der Waals surface area contributed by atoms with Gasteiger partial charge in [-0.15, -0.1) is 0 Å². The summed E-state index contributed by atoms with van der Waals surface area (Å²) in [7, 11) is 0. The van der Waals surface area contributed by atoms with Crippen LogP contribution in [0.25, 0.3) is 0 Å². The van der Waals surface area contributed by atoms with Crippen molar-refractivity contribution < 1.29 is 27.4 Å². The predicted octanol–water partition coefficient (Wildman–Crippen LogP) is 2.06. The van der Waals surface area contributed by atoms with Gasteiger partial charge in [-0.05, 0) is 18.2 Å². The second-order valence-corrected chi connectivity index (χ2v) is 4.00. The van der Waals surface area contributed by atoms with Crippen molar-refractivity contribution in [2.75, 3.05) is 25.1 Å². The minimum absolute atomic E-state index is 0.0778. The molecule has 1 aromatic carbocycles. The van der Waals surface area contributed by atoms with Gasteiger partial charge in [-0.1, -0.05) is 6.07 Å². The number of carbonyl (C=O) groups is 1. The van der Waals surface area contributed by atoms with E-state index in [1.807, 2.05) is 0 Å². The maximum atomic E-state index is 12.5. The molecule has 1 aliphatic heterocycles. The number of nitrogens with one attached hydrogen (secondary N) is 1. The molecule has 0 bridgehead atoms. The number of rotatable bonds is 2. The number of hydrogen-bond donors (Lipinski definition) is 1. The average Bonchev–Trinajstić information content (AvgIpc) is 2.39. The molecule has 1 N–H and O–H groups in total. The maximum Gasteiger partial charge on any atom is 0.416 e. The molecule has 19 heavy (non-hydrogen) atoms. The van der Waals surface area contributed by atoms with E-state index in [9.17, 15) is 18.0 Å². The third-order valence-corrected chi connectivity index (χ3v) is 2.57. The van der Waals surface area contributed by atoms with Crippen LogP contribution in [-0.4, -0.2) is 31.8 Å². The van der Waals surface area contributed by atoms with Crippen molar-refractivity contribution in [2.24, 2.45) is 0 Å². The fourth-order valence-corrected chi connectivity index (χ4v) is 1.64. The minimum atomic E-state index is -4.44. The van der Waals surface area contributed by atoms with Gasteiger partial charge in [-0.25, -0.2) is 0 Å². The zero-order chi connectivity index (χ0) is 13.9. The van der Waals surface area contributed by atoms with E-state index in [2.05, 4.69) is 5.32 Å². The van der Waals surface area contributed by atoms with Crippen molar-refractivity contribution >= 4 is 11.6 Å². The number of carbonyl (C=O) groups excluding carboxylic acids is 1. The molecule has 0 spiro atoms. The molecule has 0 aliphatic carbocycles. The third-order valence-electron chi connectivity index (χ3n) is 2.57. The molecule has 0 aromatic heterocycles. The Morgan fingerprint density at radius 1 is 1.32 bits per heavy atom. The van der Waals surface area contributed by atoms with E-state index in [1.54, 1.807) is 0 Å². The van der Waals surface area contributed by atoms with Crippen molar-refractivity contribution in [1.29, 1.82) is 0 Å². The molecule has 7 heteroatoms. The molecular formula is C12H12F3NO3. The largest absolute Gasteiger partial charge is 0.416 e. The van der Waals surface area contributed by atoms with Crippen molar-refractivity contribution in [2.45, 2.75) is 12.3 Å². The average molecular weight is 275 g/mol. The van der Waals surface area contributed by atoms with Crippen molar-refractivity contribution in [3.63, 3.8) is 0 Å². The summed E-state index contributed by atoms with van der Waals surface area (Å²) in [6, 6.07) is 4.44. The van der Waals surface area contributed by atoms with Crippen molar-refractivity contribution in [1.82, 2.24) is 0 Å². The zero-order valence-corrected chi connectivity index (χ0v) is 9.87. The molecule has 2 rings (SSSR count). The van der Waals surface area contributed by atoms with E-state index in [1.165, 1.54) is 12.1 Å². The first-order valence-electron chi connectivity index (χ1n) is 5.64. The van der Waals surface area contributed by atoms with Gasteiger partial charge >= 0.3 is 6.18 Å². The standard InChI is InChI=1S/C12H12F3NO3/c13-12(14,15)8-2-1-3-9(6-8)16-11(17)10-7-18-4-5-19-10/h1-3,6,10H,4-5,7H2,(H,16,17). The summed E-state index contributed by atoms with van der Waals surface area (Å²) in [4.78, 5) is 11.7. The zero-order valence-electron chi connectivity index (χ0n) is 9.87. The first-order chi connectivity index (χ1) is 8.97. The Labute approximate surface area is 107 Å². The molecule has 1 aromatic rings. The lowest BCUT2D eigenvalue weighted by Gasteiger charge is -2.22. The Bertz CT molecular complexity index is 456. The van der Waals surface area contributed by atoms with E-state index in [0.29, 0.717) is 13.2 Å². The van der Waals surface area contributed by atoms with Crippen LogP contribution in [0.5, 0.6) is 0 Å². The molecule has 0 saturated carbocycles. The van der Waals surface area contributed by atoms with Gasteiger partial charge in [0.25, 0.3) is 5.91 Å². The Hall–Kier alpha value is -1.60. The summed E-state index contributed by atoms with van der Waals surface area (Å²) in [6.45, 7) is 0.804. The van der Waals surface area contributed by atoms with Crippen LogP contribution >= 0.6 is 0 Å². The van der Waals surface area contributed by atoms with Gasteiger partial charge in [-0.2, -0.15) is 13.2 Å². The first-order valence-corrected chi connectivity index (χ1v) is 5.64. The molecule has 1 aliphatic rings. The van der Waals surface area contributed by atoms with Gasteiger partial charge in [0.1, 0.15) is 0 Å². The number of halogens is 3. The highest BCUT2D eigenvalue weighted by molar-refractivity contribution is 5.94. The third kappa shape index (κ3) is 3.68. The van der Waals surface area contributed by atoms with Crippen LogP contribution in [0.1, 0.15) is 5.56 Å². The molecule has 0 radical (unpaired) electrons. The van der Waals surface area contributed by atoms with Gasteiger partial charge in [0, 0.05) is 5.69 Å². The Morgan fingerprint density at radius 2 is 2.11 bits per heavy atom. The number of anilines is 1. The number of benzene rings is 1. The highest BCUT2D eigenvalue weighted by Gasteiger charge is 2.31. The van der Waals surface area contributed by atoms with Crippen LogP contribution in [0.4, 0.5) is 18.9 Å². The molecule has 4 nitrogen and oxygen atoms in total. The number of alkyl halides is 3. The van der Waals surface area contributed by atoms with Crippen LogP contribution in [0.3, 0.4) is 0 Å². The van der Waals surface area contributed by atoms with Gasteiger partial charge in [-0.3, -0.25) is 4.79 Å². The van der Waals surface area contributed by atoms with Crippen LogP contribution < -0.4 is 5.32 Å². The van der Waals surface area contributed by atoms with Gasteiger partial charge in [0.15, 0.2) is 6.10 Å². The summed E-state index contributed by atoms with van der Waals surface area (Å²) in [5, 5.41) is 2.38. The van der Waals surface area contributed by atoms with E-state index < -0.39 is 23.8 Å². The predicted molar refractivity (Wildman–Crippen MR) is 60.6 cm³/mol. The topological polar surface area (TPSA) is 47.6 Å². The molecule has 1 fully saturated rings. The SMILES string of the molecule is O=C(Nc1cccc(C(F)(F)F)c1)C1COCCO1. The fraction of sp³-hybridized carbons (Fsp3) is 0.417. The van der Waals surface area contributed by atoms with E-state index >= 15 is 0 Å². The van der Waals surface area contributed by atoms with Crippen LogP contribution in [0.2, 0.25) is 0 Å². The summed E-state index contributed by atoms with van der Waals surface area (Å²) < 4.78 is 47.7. The van der Waals surface area contributed by atoms with Gasteiger partial charge in [0.05, 0.1) is 25.4 Å². The Balaban J connectivity index is 2.04. The smallest absolute Gasteiger partial charge is 0.376 e. The summed E-state index contributed by atoms with van der Waals surface area (Å²) >= 11 is 0. The van der Waals surface area contributed by atoms with Crippen LogP contribution in [-0.2, 0) is 20.4 Å². The molecule has 1 saturated heterocycles. The monoisotopic (exact) mass is 275 g/mol. The highest BCUT2D eigenvalue weighted by atomic mass is 19.4. The lowest BCUT2D eigenvalue weighted by Crippen LogP contribution is -2.39. The van der Waals surface area contributed by atoms with Crippen molar-refractivity contribution in [3.8, 4) is 0 Å². The van der Waals surface area contributed by atoms with E-state index in [0.717, 1.165) is 12.1 Å². The maximum absolute atomic E-state index is 12.5. The summed E-state index contributed by atoms with van der Waals surface area (Å²) in [5.74, 6) is -0.515. The summed E-state index contributed by atoms with van der Waals surface area (Å²) in [6.07, 6.45) is -5.23. The molecule has 1 amide bonds. The quantitative estimate of drug-likeness (QED) is 0.898. The molecule has 1 unspecified atom stereocenters. The summed E-state index contributed by atoms with van der Waals surface area (Å²) in [5.41, 5.74) is -0.736. The molecule has 1 heterocycles. The van der Waals surface area contributed by atoms with E-state index in [4.69, 9.17) is 9.47 Å². The number of hydrogen-bond acceptors (Lipinski definition) is 3. The minimum Gasteiger partial charge on any atom is -0.376 e.